The summed E-state index contributed by atoms with van der Waals surface area (Å²) >= 11 is 0. The Labute approximate surface area is 95.3 Å². The third-order valence-corrected chi connectivity index (χ3v) is 2.41. The Kier molecular flexibility index (Phi) is 3.29. The lowest BCUT2D eigenvalue weighted by Crippen LogP contribution is -2.20. The standard InChI is InChI=1S/C12H16N2O2/c1-3-16-10-6-4-5-9(11(10)15-2)12-13-7-8-14-12/h4-6H,3,7-8H2,1-2H3,(H,13,14). The minimum atomic E-state index is 0.625. The van der Waals surface area contributed by atoms with Crippen molar-refractivity contribution in [2.45, 2.75) is 6.92 Å². The largest absolute Gasteiger partial charge is 0.492 e. The highest BCUT2D eigenvalue weighted by atomic mass is 16.5. The van der Waals surface area contributed by atoms with E-state index in [9.17, 15) is 0 Å². The zero-order valence-electron chi connectivity index (χ0n) is 9.62. The molecule has 2 rings (SSSR count). The molecule has 0 atom stereocenters. The van der Waals surface area contributed by atoms with Crippen molar-refractivity contribution in [1.82, 2.24) is 5.32 Å². The van der Waals surface area contributed by atoms with E-state index in [0.29, 0.717) is 6.61 Å². The third-order valence-electron chi connectivity index (χ3n) is 2.41. The average molecular weight is 220 g/mol. The highest BCUT2D eigenvalue weighted by Gasteiger charge is 2.16. The lowest BCUT2D eigenvalue weighted by atomic mass is 10.1. The maximum atomic E-state index is 5.52. The van der Waals surface area contributed by atoms with Gasteiger partial charge in [0.05, 0.1) is 25.8 Å². The van der Waals surface area contributed by atoms with Crippen LogP contribution in [-0.2, 0) is 0 Å². The van der Waals surface area contributed by atoms with Gasteiger partial charge in [0.25, 0.3) is 0 Å². The van der Waals surface area contributed by atoms with Gasteiger partial charge in [0, 0.05) is 6.54 Å². The monoisotopic (exact) mass is 220 g/mol. The molecule has 1 N–H and O–H groups in total. The van der Waals surface area contributed by atoms with Crippen molar-refractivity contribution in [1.29, 1.82) is 0 Å². The highest BCUT2D eigenvalue weighted by molar-refractivity contribution is 6.02. The maximum Gasteiger partial charge on any atom is 0.171 e. The normalized spacial score (nSPS) is 14.2. The molecule has 0 unspecified atom stereocenters. The van der Waals surface area contributed by atoms with Crippen LogP contribution in [0.25, 0.3) is 0 Å². The number of nitrogens with one attached hydrogen (secondary N) is 1. The Morgan fingerprint density at radius 2 is 2.31 bits per heavy atom. The fourth-order valence-corrected chi connectivity index (χ4v) is 1.76. The van der Waals surface area contributed by atoms with Crippen LogP contribution in [0.5, 0.6) is 11.5 Å². The fraction of sp³-hybridized carbons (Fsp3) is 0.417. The number of amidine groups is 1. The van der Waals surface area contributed by atoms with Gasteiger partial charge in [-0.2, -0.15) is 0 Å². The van der Waals surface area contributed by atoms with E-state index >= 15 is 0 Å². The predicted molar refractivity (Wildman–Crippen MR) is 63.6 cm³/mol. The molecule has 16 heavy (non-hydrogen) atoms. The fourth-order valence-electron chi connectivity index (χ4n) is 1.76. The molecule has 0 saturated heterocycles. The van der Waals surface area contributed by atoms with Gasteiger partial charge < -0.3 is 14.8 Å². The SMILES string of the molecule is CCOc1cccc(C2=NCCN2)c1OC. The van der Waals surface area contributed by atoms with E-state index in [4.69, 9.17) is 9.47 Å². The first-order valence-electron chi connectivity index (χ1n) is 5.45. The van der Waals surface area contributed by atoms with Gasteiger partial charge in [0.2, 0.25) is 0 Å². The summed E-state index contributed by atoms with van der Waals surface area (Å²) in [6.07, 6.45) is 0. The highest BCUT2D eigenvalue weighted by Crippen LogP contribution is 2.31. The van der Waals surface area contributed by atoms with Crippen LogP contribution < -0.4 is 14.8 Å². The van der Waals surface area contributed by atoms with Gasteiger partial charge in [0.1, 0.15) is 5.84 Å². The molecule has 0 saturated carbocycles. The van der Waals surface area contributed by atoms with Gasteiger partial charge in [0.15, 0.2) is 11.5 Å². The van der Waals surface area contributed by atoms with E-state index in [-0.39, 0.29) is 0 Å². The molecule has 0 aliphatic carbocycles. The number of aliphatic imine (C=N–C) groups is 1. The quantitative estimate of drug-likeness (QED) is 0.835. The van der Waals surface area contributed by atoms with Crippen molar-refractivity contribution >= 4 is 5.84 Å². The van der Waals surface area contributed by atoms with Crippen LogP contribution in [0.2, 0.25) is 0 Å². The third kappa shape index (κ3) is 1.96. The molecule has 0 spiro atoms. The molecule has 4 heteroatoms. The van der Waals surface area contributed by atoms with E-state index in [2.05, 4.69) is 10.3 Å². The zero-order chi connectivity index (χ0) is 11.4. The van der Waals surface area contributed by atoms with Gasteiger partial charge >= 0.3 is 0 Å². The van der Waals surface area contributed by atoms with E-state index in [0.717, 1.165) is 36.0 Å². The Bertz CT molecular complexity index is 402. The minimum absolute atomic E-state index is 0.625. The Balaban J connectivity index is 2.39. The minimum Gasteiger partial charge on any atom is -0.492 e. The van der Waals surface area contributed by atoms with Crippen LogP contribution in [0.1, 0.15) is 12.5 Å². The number of methoxy groups -OCH3 is 1. The molecule has 1 aliphatic rings. The maximum absolute atomic E-state index is 5.52. The number of ether oxygens (including phenoxy) is 2. The molecule has 0 bridgehead atoms. The van der Waals surface area contributed by atoms with Crippen molar-refractivity contribution in [3.05, 3.63) is 23.8 Å². The topological polar surface area (TPSA) is 42.8 Å². The molecule has 0 aromatic heterocycles. The van der Waals surface area contributed by atoms with E-state index in [1.54, 1.807) is 7.11 Å². The summed E-state index contributed by atoms with van der Waals surface area (Å²) in [4.78, 5) is 4.39. The van der Waals surface area contributed by atoms with E-state index in [1.165, 1.54) is 0 Å². The summed E-state index contributed by atoms with van der Waals surface area (Å²) in [5.74, 6) is 2.40. The molecule has 4 nitrogen and oxygen atoms in total. The molecule has 1 aromatic carbocycles. The van der Waals surface area contributed by atoms with Gasteiger partial charge in [-0.15, -0.1) is 0 Å². The molecular formula is C12H16N2O2. The zero-order valence-corrected chi connectivity index (χ0v) is 9.62. The molecular weight excluding hydrogens is 204 g/mol. The predicted octanol–water partition coefficient (Wildman–Crippen LogP) is 1.44. The number of rotatable bonds is 4. The Hall–Kier alpha value is -1.71. The number of hydrogen-bond donors (Lipinski definition) is 1. The summed E-state index contributed by atoms with van der Waals surface area (Å²) in [6.45, 7) is 4.28. The van der Waals surface area contributed by atoms with Gasteiger partial charge in [-0.05, 0) is 19.1 Å². The first-order valence-corrected chi connectivity index (χ1v) is 5.45. The van der Waals surface area contributed by atoms with Crippen molar-refractivity contribution in [2.24, 2.45) is 4.99 Å². The van der Waals surface area contributed by atoms with Crippen molar-refractivity contribution in [2.75, 3.05) is 26.8 Å². The van der Waals surface area contributed by atoms with Crippen LogP contribution in [0.4, 0.5) is 0 Å². The molecule has 1 aliphatic heterocycles. The summed E-state index contributed by atoms with van der Waals surface area (Å²) < 4.78 is 10.9. The molecule has 0 fully saturated rings. The molecule has 0 radical (unpaired) electrons. The second-order valence-corrected chi connectivity index (χ2v) is 3.43. The second kappa shape index (κ2) is 4.88. The average Bonchev–Trinajstić information content (AvgIpc) is 2.82. The summed E-state index contributed by atoms with van der Waals surface area (Å²) in [5, 5.41) is 3.23. The van der Waals surface area contributed by atoms with Crippen LogP contribution >= 0.6 is 0 Å². The van der Waals surface area contributed by atoms with Crippen LogP contribution in [0, 0.1) is 0 Å². The van der Waals surface area contributed by atoms with Gasteiger partial charge in [-0.25, -0.2) is 0 Å². The van der Waals surface area contributed by atoms with Gasteiger partial charge in [-0.3, -0.25) is 4.99 Å². The van der Waals surface area contributed by atoms with Crippen molar-refractivity contribution < 1.29 is 9.47 Å². The van der Waals surface area contributed by atoms with Crippen molar-refractivity contribution in [3.8, 4) is 11.5 Å². The second-order valence-electron chi connectivity index (χ2n) is 3.43. The van der Waals surface area contributed by atoms with Gasteiger partial charge in [-0.1, -0.05) is 6.07 Å². The Morgan fingerprint density at radius 3 is 2.94 bits per heavy atom. The molecule has 1 heterocycles. The number of nitrogens with zero attached hydrogens (tertiary/aromatic N) is 1. The lowest BCUT2D eigenvalue weighted by Gasteiger charge is -2.13. The Morgan fingerprint density at radius 1 is 1.44 bits per heavy atom. The summed E-state index contributed by atoms with van der Waals surface area (Å²) in [5.41, 5.74) is 0.964. The van der Waals surface area contributed by atoms with E-state index < -0.39 is 0 Å². The number of hydrogen-bond acceptors (Lipinski definition) is 4. The molecule has 1 aromatic rings. The van der Waals surface area contributed by atoms with Crippen LogP contribution in [0.15, 0.2) is 23.2 Å². The molecule has 86 valence electrons. The summed E-state index contributed by atoms with van der Waals surface area (Å²) in [7, 11) is 1.65. The number of para-hydroxylation sites is 1. The van der Waals surface area contributed by atoms with E-state index in [1.807, 2.05) is 25.1 Å². The van der Waals surface area contributed by atoms with Crippen LogP contribution in [0.3, 0.4) is 0 Å². The molecule has 0 amide bonds. The summed E-state index contributed by atoms with van der Waals surface area (Å²) in [6, 6.07) is 5.84. The first-order chi connectivity index (χ1) is 7.86. The van der Waals surface area contributed by atoms with Crippen LogP contribution in [-0.4, -0.2) is 32.6 Å². The smallest absolute Gasteiger partial charge is 0.171 e. The lowest BCUT2D eigenvalue weighted by molar-refractivity contribution is 0.310. The first kappa shape index (κ1) is 10.8. The van der Waals surface area contributed by atoms with Crippen molar-refractivity contribution in [3.63, 3.8) is 0 Å². The number of benzene rings is 1.